The van der Waals surface area contributed by atoms with Gasteiger partial charge in [-0.05, 0) is 104 Å². The van der Waals surface area contributed by atoms with Gasteiger partial charge in [0.1, 0.15) is 11.2 Å². The van der Waals surface area contributed by atoms with E-state index in [1.807, 2.05) is 6.07 Å². The molecule has 0 amide bonds. The Morgan fingerprint density at radius 2 is 0.857 bits per heavy atom. The number of hydrogen-bond donors (Lipinski definition) is 0. The van der Waals surface area contributed by atoms with E-state index in [2.05, 4.69) is 248 Å². The molecule has 0 N–H and O–H groups in total. The third-order valence-corrected chi connectivity index (χ3v) is 13.0. The van der Waals surface area contributed by atoms with E-state index >= 15 is 0 Å². The molecule has 63 heavy (non-hydrogen) atoms. The maximum Gasteiger partial charge on any atom is 0.136 e. The summed E-state index contributed by atoms with van der Waals surface area (Å²) in [6.07, 6.45) is 0. The normalized spacial score (nSPS) is 12.6. The van der Waals surface area contributed by atoms with Crippen molar-refractivity contribution in [2.45, 2.75) is 5.41 Å². The number of anilines is 3. The van der Waals surface area contributed by atoms with Crippen molar-refractivity contribution >= 4 is 39.0 Å². The van der Waals surface area contributed by atoms with Crippen LogP contribution in [-0.2, 0) is 5.41 Å². The smallest absolute Gasteiger partial charge is 0.136 e. The molecular weight excluding hydrogens is 763 g/mol. The van der Waals surface area contributed by atoms with Crippen LogP contribution in [0.3, 0.4) is 0 Å². The molecule has 1 aliphatic carbocycles. The van der Waals surface area contributed by atoms with Gasteiger partial charge >= 0.3 is 0 Å². The van der Waals surface area contributed by atoms with Gasteiger partial charge in [-0.1, -0.05) is 206 Å². The second-order valence-corrected chi connectivity index (χ2v) is 16.3. The summed E-state index contributed by atoms with van der Waals surface area (Å²) >= 11 is 0. The Balaban J connectivity index is 1.14. The first-order valence-corrected chi connectivity index (χ1v) is 21.7. The van der Waals surface area contributed by atoms with E-state index in [0.29, 0.717) is 0 Å². The minimum Gasteiger partial charge on any atom is -0.456 e. The van der Waals surface area contributed by atoms with Gasteiger partial charge in [0, 0.05) is 27.7 Å². The zero-order chi connectivity index (χ0) is 41.7. The van der Waals surface area contributed by atoms with Crippen LogP contribution in [0.5, 0.6) is 0 Å². The fourth-order valence-electron chi connectivity index (χ4n) is 10.3. The molecule has 10 aromatic carbocycles. The van der Waals surface area contributed by atoms with Crippen LogP contribution in [0.1, 0.15) is 22.3 Å². The van der Waals surface area contributed by atoms with Crippen molar-refractivity contribution in [2.75, 3.05) is 4.90 Å². The first-order valence-electron chi connectivity index (χ1n) is 21.7. The average Bonchev–Trinajstić information content (AvgIpc) is 3.90. The third-order valence-electron chi connectivity index (χ3n) is 13.0. The molecule has 1 heterocycles. The molecule has 1 aliphatic rings. The van der Waals surface area contributed by atoms with Crippen molar-refractivity contribution in [3.05, 3.63) is 271 Å². The van der Waals surface area contributed by atoms with Crippen LogP contribution in [0, 0.1) is 0 Å². The quantitative estimate of drug-likeness (QED) is 0.152. The summed E-state index contributed by atoms with van der Waals surface area (Å²) in [5.41, 5.74) is 18.9. The van der Waals surface area contributed by atoms with Crippen molar-refractivity contribution in [3.8, 4) is 44.5 Å². The molecule has 11 aromatic rings. The highest BCUT2D eigenvalue weighted by molar-refractivity contribution is 6.14. The topological polar surface area (TPSA) is 16.4 Å². The second-order valence-electron chi connectivity index (χ2n) is 16.3. The van der Waals surface area contributed by atoms with Gasteiger partial charge in [-0.2, -0.15) is 0 Å². The van der Waals surface area contributed by atoms with Crippen LogP contribution in [0.25, 0.3) is 66.4 Å². The van der Waals surface area contributed by atoms with E-state index in [-0.39, 0.29) is 0 Å². The van der Waals surface area contributed by atoms with E-state index in [9.17, 15) is 0 Å². The van der Waals surface area contributed by atoms with Gasteiger partial charge in [0.15, 0.2) is 0 Å². The lowest BCUT2D eigenvalue weighted by Gasteiger charge is -2.35. The molecule has 0 radical (unpaired) electrons. The van der Waals surface area contributed by atoms with Gasteiger partial charge in [-0.25, -0.2) is 0 Å². The van der Waals surface area contributed by atoms with Crippen LogP contribution >= 0.6 is 0 Å². The lowest BCUT2D eigenvalue weighted by atomic mass is 9.67. The number of furan rings is 1. The Bertz CT molecular complexity index is 3400. The molecule has 0 spiro atoms. The van der Waals surface area contributed by atoms with Crippen LogP contribution in [0.15, 0.2) is 253 Å². The van der Waals surface area contributed by atoms with E-state index in [0.717, 1.165) is 61.3 Å². The highest BCUT2D eigenvalue weighted by atomic mass is 16.3. The molecule has 296 valence electrons. The predicted octanol–water partition coefficient (Wildman–Crippen LogP) is 16.4. The lowest BCUT2D eigenvalue weighted by Crippen LogP contribution is -2.28. The SMILES string of the molecule is c1ccc(-c2ccc(N(c3cccc(C4(c5ccccc5)c5ccccc5-c5ccccc54)c3)c3cccc(-c4cccc5oc6ccccc6c45)c3-c3ccccc3)cc2)cc1. The number of rotatable bonds is 8. The Kier molecular flexibility index (Phi) is 8.76. The number of para-hydroxylation sites is 1. The first-order chi connectivity index (χ1) is 31.3. The highest BCUT2D eigenvalue weighted by Gasteiger charge is 2.46. The first kappa shape index (κ1) is 36.6. The number of fused-ring (bicyclic) bond motifs is 6. The lowest BCUT2D eigenvalue weighted by molar-refractivity contribution is 0.669. The van der Waals surface area contributed by atoms with Crippen molar-refractivity contribution in [2.24, 2.45) is 0 Å². The molecule has 0 saturated heterocycles. The zero-order valence-corrected chi connectivity index (χ0v) is 34.5. The number of hydrogen-bond acceptors (Lipinski definition) is 2. The van der Waals surface area contributed by atoms with Gasteiger partial charge in [0.25, 0.3) is 0 Å². The van der Waals surface area contributed by atoms with E-state index in [1.54, 1.807) is 0 Å². The monoisotopic (exact) mass is 803 g/mol. The van der Waals surface area contributed by atoms with Crippen molar-refractivity contribution in [3.63, 3.8) is 0 Å². The summed E-state index contributed by atoms with van der Waals surface area (Å²) in [6, 6.07) is 90.3. The molecule has 0 saturated carbocycles. The Morgan fingerprint density at radius 3 is 1.59 bits per heavy atom. The summed E-state index contributed by atoms with van der Waals surface area (Å²) in [4.78, 5) is 2.46. The molecule has 0 atom stereocenters. The van der Waals surface area contributed by atoms with E-state index < -0.39 is 5.41 Å². The minimum absolute atomic E-state index is 0.546. The maximum atomic E-state index is 6.47. The minimum atomic E-state index is -0.546. The maximum absolute atomic E-state index is 6.47. The highest BCUT2D eigenvalue weighted by Crippen LogP contribution is 2.57. The summed E-state index contributed by atoms with van der Waals surface area (Å²) in [5, 5.41) is 2.23. The molecule has 0 bridgehead atoms. The molecule has 0 fully saturated rings. The third kappa shape index (κ3) is 5.87. The van der Waals surface area contributed by atoms with Gasteiger partial charge in [-0.15, -0.1) is 0 Å². The molecule has 0 aliphatic heterocycles. The van der Waals surface area contributed by atoms with Gasteiger partial charge in [0.05, 0.1) is 11.1 Å². The molecule has 2 nitrogen and oxygen atoms in total. The second kappa shape index (κ2) is 15.1. The zero-order valence-electron chi connectivity index (χ0n) is 34.5. The van der Waals surface area contributed by atoms with Crippen molar-refractivity contribution in [1.29, 1.82) is 0 Å². The summed E-state index contributed by atoms with van der Waals surface area (Å²) in [6.45, 7) is 0. The molecule has 1 aromatic heterocycles. The van der Waals surface area contributed by atoms with Crippen LogP contribution in [0.2, 0.25) is 0 Å². The molecule has 2 heteroatoms. The number of nitrogens with zero attached hydrogens (tertiary/aromatic N) is 1. The fourth-order valence-corrected chi connectivity index (χ4v) is 10.3. The standard InChI is InChI=1S/C61H41NO/c1-4-19-42(20-5-1)43-37-39-47(40-38-43)62(48-26-16-25-46(41-48)61(45-23-8-3-9-24-45)54-32-13-10-27-49(54)50-28-11-14-33-55(50)61)56-34-17-30-51(59(56)44-21-6-2-7-22-44)52-31-18-36-58-60(52)53-29-12-15-35-57(53)63-58/h1-41H. The fraction of sp³-hybridized carbons (Fsp3) is 0.0164. The van der Waals surface area contributed by atoms with Gasteiger partial charge in [0.2, 0.25) is 0 Å². The predicted molar refractivity (Wildman–Crippen MR) is 262 cm³/mol. The summed E-state index contributed by atoms with van der Waals surface area (Å²) in [7, 11) is 0. The van der Waals surface area contributed by atoms with Crippen LogP contribution in [-0.4, -0.2) is 0 Å². The van der Waals surface area contributed by atoms with E-state index in [1.165, 1.54) is 44.5 Å². The van der Waals surface area contributed by atoms with Crippen molar-refractivity contribution in [1.82, 2.24) is 0 Å². The van der Waals surface area contributed by atoms with Gasteiger partial charge < -0.3 is 9.32 Å². The molecule has 12 rings (SSSR count). The summed E-state index contributed by atoms with van der Waals surface area (Å²) in [5.74, 6) is 0. The van der Waals surface area contributed by atoms with Crippen LogP contribution < -0.4 is 4.90 Å². The van der Waals surface area contributed by atoms with E-state index in [4.69, 9.17) is 4.42 Å². The Hall–Kier alpha value is -8.20. The summed E-state index contributed by atoms with van der Waals surface area (Å²) < 4.78 is 6.47. The average molecular weight is 804 g/mol. The van der Waals surface area contributed by atoms with Crippen molar-refractivity contribution < 1.29 is 4.42 Å². The Labute approximate surface area is 367 Å². The van der Waals surface area contributed by atoms with Crippen LogP contribution in [0.4, 0.5) is 17.1 Å². The largest absolute Gasteiger partial charge is 0.456 e. The molecule has 0 unspecified atom stereocenters. The number of benzene rings is 10. The Morgan fingerprint density at radius 1 is 0.333 bits per heavy atom. The molecular formula is C61H41NO. The van der Waals surface area contributed by atoms with Gasteiger partial charge in [-0.3, -0.25) is 0 Å².